The molecule has 5 heteroatoms. The van der Waals surface area contributed by atoms with Crippen LogP contribution < -0.4 is 4.74 Å². The number of pyridine rings is 1. The minimum absolute atomic E-state index is 0.286. The lowest BCUT2D eigenvalue weighted by molar-refractivity contribution is -0.137. The van der Waals surface area contributed by atoms with E-state index in [1.165, 1.54) is 0 Å². The first-order valence-corrected chi connectivity index (χ1v) is 6.55. The van der Waals surface area contributed by atoms with Gasteiger partial charge in [-0.2, -0.15) is 0 Å². The van der Waals surface area contributed by atoms with Gasteiger partial charge in [0, 0.05) is 16.2 Å². The van der Waals surface area contributed by atoms with Crippen LogP contribution >= 0.6 is 15.9 Å². The molecule has 2 aromatic rings. The molecule has 4 nitrogen and oxygen atoms in total. The van der Waals surface area contributed by atoms with Crippen LogP contribution in [0.5, 0.6) is 5.75 Å². The average molecular weight is 320 g/mol. The Balaban J connectivity index is 2.25. The number of carboxylic acids is 1. The van der Waals surface area contributed by atoms with Gasteiger partial charge in [0.2, 0.25) is 0 Å². The number of carboxylic acid groups (broad SMARTS) is 1. The third-order valence-corrected chi connectivity index (χ3v) is 3.62. The Labute approximate surface area is 118 Å². The van der Waals surface area contributed by atoms with Crippen molar-refractivity contribution in [2.75, 3.05) is 0 Å². The second-order valence-electron chi connectivity index (χ2n) is 4.28. The molecule has 19 heavy (non-hydrogen) atoms. The van der Waals surface area contributed by atoms with Crippen LogP contribution in [0.4, 0.5) is 0 Å². The zero-order chi connectivity index (χ0) is 13.4. The van der Waals surface area contributed by atoms with Crippen LogP contribution in [0.25, 0.3) is 0 Å². The number of ether oxygens (including phenoxy) is 1. The molecule has 1 atom stereocenters. The number of benzene rings is 1. The second-order valence-corrected chi connectivity index (χ2v) is 5.20. The fraction of sp³-hybridized carbons (Fsp3) is 0.143. The summed E-state index contributed by atoms with van der Waals surface area (Å²) in [5, 5.41) is 9.55. The quantitative estimate of drug-likeness (QED) is 0.878. The predicted molar refractivity (Wildman–Crippen MR) is 72.2 cm³/mol. The molecule has 2 heterocycles. The van der Waals surface area contributed by atoms with Crippen molar-refractivity contribution in [1.29, 1.82) is 0 Å². The molecule has 0 bridgehead atoms. The molecule has 0 spiro atoms. The number of halogens is 1. The van der Waals surface area contributed by atoms with E-state index < -0.39 is 11.9 Å². The number of fused-ring (bicyclic) bond motifs is 2. The van der Waals surface area contributed by atoms with E-state index in [4.69, 9.17) is 4.74 Å². The highest BCUT2D eigenvalue weighted by Crippen LogP contribution is 2.38. The molecule has 3 rings (SSSR count). The summed E-state index contributed by atoms with van der Waals surface area (Å²) >= 11 is 3.37. The highest BCUT2D eigenvalue weighted by Gasteiger charge is 2.30. The average Bonchev–Trinajstić information content (AvgIpc) is 2.54. The molecular weight excluding hydrogens is 310 g/mol. The summed E-state index contributed by atoms with van der Waals surface area (Å²) in [6, 6.07) is 8.94. The summed E-state index contributed by atoms with van der Waals surface area (Å²) in [4.78, 5) is 15.9. The number of rotatable bonds is 1. The summed E-state index contributed by atoms with van der Waals surface area (Å²) in [5.74, 6) is -1.06. The smallest absolute Gasteiger partial charge is 0.315 e. The molecule has 1 aliphatic rings. The van der Waals surface area contributed by atoms with Crippen LogP contribution in [0.3, 0.4) is 0 Å². The van der Waals surface area contributed by atoms with Gasteiger partial charge in [-0.3, -0.25) is 9.78 Å². The molecule has 1 aromatic carbocycles. The van der Waals surface area contributed by atoms with Crippen molar-refractivity contribution in [3.63, 3.8) is 0 Å². The molecule has 1 N–H and O–H groups in total. The van der Waals surface area contributed by atoms with E-state index in [0.29, 0.717) is 22.6 Å². The van der Waals surface area contributed by atoms with E-state index in [9.17, 15) is 9.90 Å². The van der Waals surface area contributed by atoms with Gasteiger partial charge in [0.1, 0.15) is 18.3 Å². The van der Waals surface area contributed by atoms with Gasteiger partial charge in [0.25, 0.3) is 0 Å². The van der Waals surface area contributed by atoms with Gasteiger partial charge in [-0.25, -0.2) is 0 Å². The first-order valence-electron chi connectivity index (χ1n) is 5.75. The van der Waals surface area contributed by atoms with Gasteiger partial charge in [0.05, 0.1) is 5.69 Å². The molecule has 0 unspecified atom stereocenters. The Morgan fingerprint density at radius 2 is 2.21 bits per heavy atom. The third-order valence-electron chi connectivity index (χ3n) is 3.13. The maximum absolute atomic E-state index is 11.6. The number of aliphatic carboxylic acids is 1. The predicted octanol–water partition coefficient (Wildman–Crippen LogP) is 2.95. The molecule has 0 saturated carbocycles. The van der Waals surface area contributed by atoms with E-state index in [1.54, 1.807) is 30.5 Å². The van der Waals surface area contributed by atoms with Gasteiger partial charge >= 0.3 is 5.97 Å². The summed E-state index contributed by atoms with van der Waals surface area (Å²) in [6.45, 7) is 0.286. The first kappa shape index (κ1) is 12.2. The Morgan fingerprint density at radius 3 is 3.00 bits per heavy atom. The van der Waals surface area contributed by atoms with Crippen molar-refractivity contribution in [1.82, 2.24) is 4.98 Å². The Morgan fingerprint density at radius 1 is 1.37 bits per heavy atom. The molecule has 0 radical (unpaired) electrons. The van der Waals surface area contributed by atoms with Crippen molar-refractivity contribution in [3.8, 4) is 5.75 Å². The van der Waals surface area contributed by atoms with E-state index in [2.05, 4.69) is 20.9 Å². The zero-order valence-corrected chi connectivity index (χ0v) is 11.4. The van der Waals surface area contributed by atoms with E-state index in [-0.39, 0.29) is 6.61 Å². The molecule has 1 aliphatic heterocycles. The van der Waals surface area contributed by atoms with E-state index >= 15 is 0 Å². The fourth-order valence-corrected chi connectivity index (χ4v) is 2.67. The maximum atomic E-state index is 11.6. The molecular formula is C14H10BrNO3. The summed E-state index contributed by atoms with van der Waals surface area (Å²) in [7, 11) is 0. The summed E-state index contributed by atoms with van der Waals surface area (Å²) in [6.07, 6.45) is 1.65. The van der Waals surface area contributed by atoms with Crippen molar-refractivity contribution in [2.24, 2.45) is 0 Å². The number of hydrogen-bond acceptors (Lipinski definition) is 3. The monoisotopic (exact) mass is 319 g/mol. The summed E-state index contributed by atoms with van der Waals surface area (Å²) < 4.78 is 6.49. The molecule has 0 saturated heterocycles. The van der Waals surface area contributed by atoms with Crippen LogP contribution in [-0.2, 0) is 11.4 Å². The van der Waals surface area contributed by atoms with Crippen LogP contribution in [0.15, 0.2) is 41.0 Å². The van der Waals surface area contributed by atoms with Crippen molar-refractivity contribution in [3.05, 3.63) is 57.8 Å². The van der Waals surface area contributed by atoms with Gasteiger partial charge in [0.15, 0.2) is 0 Å². The normalized spacial score (nSPS) is 16.8. The molecule has 0 aliphatic carbocycles. The van der Waals surface area contributed by atoms with Crippen LogP contribution in [0.1, 0.15) is 22.7 Å². The van der Waals surface area contributed by atoms with E-state index in [0.717, 1.165) is 4.47 Å². The standard InChI is InChI=1S/C14H10BrNO3/c15-8-3-4-12-10(6-8)13(14(17)18)9-2-1-5-16-11(9)7-19-12/h1-6,13H,7H2,(H,17,18)/t13-/m1/s1. The molecule has 1 aromatic heterocycles. The number of hydrogen-bond donors (Lipinski definition) is 1. The third kappa shape index (κ3) is 2.10. The maximum Gasteiger partial charge on any atom is 0.315 e. The second kappa shape index (κ2) is 4.66. The number of nitrogens with zero attached hydrogens (tertiary/aromatic N) is 1. The minimum atomic E-state index is -0.904. The van der Waals surface area contributed by atoms with Crippen LogP contribution in [-0.4, -0.2) is 16.1 Å². The number of aromatic nitrogens is 1. The molecule has 0 amide bonds. The Hall–Kier alpha value is -1.88. The Bertz CT molecular complexity index is 657. The molecule has 0 fully saturated rings. The lowest BCUT2D eigenvalue weighted by Crippen LogP contribution is -2.14. The van der Waals surface area contributed by atoms with Crippen molar-refractivity contribution < 1.29 is 14.6 Å². The lowest BCUT2D eigenvalue weighted by Gasteiger charge is -2.14. The highest BCUT2D eigenvalue weighted by molar-refractivity contribution is 9.10. The van der Waals surface area contributed by atoms with Crippen LogP contribution in [0.2, 0.25) is 0 Å². The highest BCUT2D eigenvalue weighted by atomic mass is 79.9. The van der Waals surface area contributed by atoms with Crippen molar-refractivity contribution >= 4 is 21.9 Å². The Kier molecular flexibility index (Phi) is 2.98. The SMILES string of the molecule is O=C(O)[C@H]1c2cc(Br)ccc2OCc2ncccc21. The van der Waals surface area contributed by atoms with Gasteiger partial charge < -0.3 is 9.84 Å². The first-order chi connectivity index (χ1) is 9.16. The molecule has 96 valence electrons. The summed E-state index contributed by atoms with van der Waals surface area (Å²) in [5.41, 5.74) is 2.00. The fourth-order valence-electron chi connectivity index (χ4n) is 2.29. The van der Waals surface area contributed by atoms with E-state index in [1.807, 2.05) is 6.07 Å². The zero-order valence-electron chi connectivity index (χ0n) is 9.84. The lowest BCUT2D eigenvalue weighted by atomic mass is 9.90. The van der Waals surface area contributed by atoms with Crippen molar-refractivity contribution in [2.45, 2.75) is 12.5 Å². The van der Waals surface area contributed by atoms with Gasteiger partial charge in [-0.1, -0.05) is 22.0 Å². The van der Waals surface area contributed by atoms with Gasteiger partial charge in [-0.05, 0) is 29.8 Å². The number of carbonyl (C=O) groups is 1. The largest absolute Gasteiger partial charge is 0.487 e. The minimum Gasteiger partial charge on any atom is -0.487 e. The van der Waals surface area contributed by atoms with Crippen LogP contribution in [0, 0.1) is 0 Å². The topological polar surface area (TPSA) is 59.4 Å². The van der Waals surface area contributed by atoms with Gasteiger partial charge in [-0.15, -0.1) is 0 Å².